The Labute approximate surface area is 105 Å². The SMILES string of the molecule is Cc1ccc(S(=O)(=O)CCC(C)C(C)C)cc1. The first-order valence-corrected chi connectivity index (χ1v) is 7.77. The zero-order valence-corrected chi connectivity index (χ0v) is 11.9. The summed E-state index contributed by atoms with van der Waals surface area (Å²) in [6.45, 7) is 8.32. The lowest BCUT2D eigenvalue weighted by Crippen LogP contribution is -2.13. The number of aryl methyl sites for hydroxylation is 1. The van der Waals surface area contributed by atoms with E-state index in [-0.39, 0.29) is 5.75 Å². The normalized spacial score (nSPS) is 13.9. The monoisotopic (exact) mass is 254 g/mol. The summed E-state index contributed by atoms with van der Waals surface area (Å²) < 4.78 is 24.1. The van der Waals surface area contributed by atoms with Gasteiger partial charge in [-0.1, -0.05) is 38.5 Å². The third kappa shape index (κ3) is 4.15. The molecule has 0 radical (unpaired) electrons. The highest BCUT2D eigenvalue weighted by atomic mass is 32.2. The van der Waals surface area contributed by atoms with Crippen LogP contribution in [-0.2, 0) is 9.84 Å². The Kier molecular flexibility index (Phi) is 4.75. The third-order valence-electron chi connectivity index (χ3n) is 3.36. The average molecular weight is 254 g/mol. The molecule has 0 saturated carbocycles. The van der Waals surface area contributed by atoms with Gasteiger partial charge in [0, 0.05) is 0 Å². The van der Waals surface area contributed by atoms with Crippen LogP contribution >= 0.6 is 0 Å². The van der Waals surface area contributed by atoms with Crippen LogP contribution in [0.5, 0.6) is 0 Å². The van der Waals surface area contributed by atoms with Crippen molar-refractivity contribution in [3.63, 3.8) is 0 Å². The van der Waals surface area contributed by atoms with E-state index in [0.29, 0.717) is 16.7 Å². The molecule has 3 heteroatoms. The summed E-state index contributed by atoms with van der Waals surface area (Å²) in [5, 5.41) is 0. The Morgan fingerprint density at radius 3 is 2.06 bits per heavy atom. The fraction of sp³-hybridized carbons (Fsp3) is 0.571. The molecule has 0 N–H and O–H groups in total. The fourth-order valence-electron chi connectivity index (χ4n) is 1.54. The first-order chi connectivity index (χ1) is 7.83. The maximum Gasteiger partial charge on any atom is 0.178 e. The van der Waals surface area contributed by atoms with Gasteiger partial charge in [0.2, 0.25) is 0 Å². The van der Waals surface area contributed by atoms with Crippen molar-refractivity contribution in [3.8, 4) is 0 Å². The number of benzene rings is 1. The van der Waals surface area contributed by atoms with E-state index in [1.165, 1.54) is 0 Å². The van der Waals surface area contributed by atoms with Crippen molar-refractivity contribution in [2.75, 3.05) is 5.75 Å². The van der Waals surface area contributed by atoms with Crippen molar-refractivity contribution in [1.29, 1.82) is 0 Å². The first kappa shape index (κ1) is 14.2. The van der Waals surface area contributed by atoms with E-state index >= 15 is 0 Å². The van der Waals surface area contributed by atoms with Crippen LogP contribution in [0.3, 0.4) is 0 Å². The molecule has 0 aromatic heterocycles. The van der Waals surface area contributed by atoms with Crippen LogP contribution in [0.1, 0.15) is 32.8 Å². The molecule has 1 atom stereocenters. The van der Waals surface area contributed by atoms with Gasteiger partial charge in [-0.3, -0.25) is 0 Å². The summed E-state index contributed by atoms with van der Waals surface area (Å²) in [4.78, 5) is 0.444. The Morgan fingerprint density at radius 2 is 1.59 bits per heavy atom. The van der Waals surface area contributed by atoms with Crippen molar-refractivity contribution in [2.24, 2.45) is 11.8 Å². The predicted molar refractivity (Wildman–Crippen MR) is 71.9 cm³/mol. The van der Waals surface area contributed by atoms with Gasteiger partial charge in [-0.25, -0.2) is 8.42 Å². The molecule has 96 valence electrons. The summed E-state index contributed by atoms with van der Waals surface area (Å²) in [7, 11) is -3.11. The fourth-order valence-corrected chi connectivity index (χ4v) is 3.01. The third-order valence-corrected chi connectivity index (χ3v) is 5.12. The molecule has 1 rings (SSSR count). The summed E-state index contributed by atoms with van der Waals surface area (Å²) >= 11 is 0. The molecule has 17 heavy (non-hydrogen) atoms. The van der Waals surface area contributed by atoms with Gasteiger partial charge in [-0.2, -0.15) is 0 Å². The van der Waals surface area contributed by atoms with E-state index in [1.54, 1.807) is 12.1 Å². The number of hydrogen-bond donors (Lipinski definition) is 0. The average Bonchev–Trinajstić information content (AvgIpc) is 2.26. The van der Waals surface area contributed by atoms with E-state index < -0.39 is 9.84 Å². The van der Waals surface area contributed by atoms with Gasteiger partial charge in [0.1, 0.15) is 0 Å². The van der Waals surface area contributed by atoms with Crippen LogP contribution in [0.2, 0.25) is 0 Å². The first-order valence-electron chi connectivity index (χ1n) is 6.12. The summed E-state index contributed by atoms with van der Waals surface area (Å²) in [6.07, 6.45) is 0.730. The van der Waals surface area contributed by atoms with Crippen molar-refractivity contribution < 1.29 is 8.42 Å². The van der Waals surface area contributed by atoms with Crippen molar-refractivity contribution in [3.05, 3.63) is 29.8 Å². The molecule has 0 heterocycles. The van der Waals surface area contributed by atoms with Crippen molar-refractivity contribution in [2.45, 2.75) is 39.0 Å². The minimum atomic E-state index is -3.11. The molecule has 0 bridgehead atoms. The molecule has 0 fully saturated rings. The van der Waals surface area contributed by atoms with Crippen LogP contribution in [0.25, 0.3) is 0 Å². The molecule has 0 spiro atoms. The summed E-state index contributed by atoms with van der Waals surface area (Å²) in [5.74, 6) is 1.22. The molecule has 0 amide bonds. The van der Waals surface area contributed by atoms with Gasteiger partial charge in [-0.15, -0.1) is 0 Å². The molecular weight excluding hydrogens is 232 g/mol. The smallest absolute Gasteiger partial charge is 0.178 e. The molecule has 0 aliphatic rings. The highest BCUT2D eigenvalue weighted by Gasteiger charge is 2.17. The van der Waals surface area contributed by atoms with Gasteiger partial charge in [0.15, 0.2) is 9.84 Å². The van der Waals surface area contributed by atoms with Crippen LogP contribution in [0.4, 0.5) is 0 Å². The van der Waals surface area contributed by atoms with Gasteiger partial charge < -0.3 is 0 Å². The van der Waals surface area contributed by atoms with Gasteiger partial charge in [0.25, 0.3) is 0 Å². The van der Waals surface area contributed by atoms with E-state index in [0.717, 1.165) is 12.0 Å². The van der Waals surface area contributed by atoms with E-state index in [4.69, 9.17) is 0 Å². The topological polar surface area (TPSA) is 34.1 Å². The number of sulfone groups is 1. The van der Waals surface area contributed by atoms with Crippen LogP contribution in [0.15, 0.2) is 29.2 Å². The quantitative estimate of drug-likeness (QED) is 0.806. The lowest BCUT2D eigenvalue weighted by atomic mass is 9.96. The van der Waals surface area contributed by atoms with Crippen LogP contribution < -0.4 is 0 Å². The van der Waals surface area contributed by atoms with Crippen molar-refractivity contribution in [1.82, 2.24) is 0 Å². The second-order valence-electron chi connectivity index (χ2n) is 5.14. The second-order valence-corrected chi connectivity index (χ2v) is 7.25. The minimum absolute atomic E-state index is 0.245. The van der Waals surface area contributed by atoms with Gasteiger partial charge in [-0.05, 0) is 37.3 Å². The lowest BCUT2D eigenvalue weighted by molar-refractivity contribution is 0.407. The van der Waals surface area contributed by atoms with Gasteiger partial charge in [0.05, 0.1) is 10.6 Å². The Morgan fingerprint density at radius 1 is 1.06 bits per heavy atom. The largest absolute Gasteiger partial charge is 0.224 e. The van der Waals surface area contributed by atoms with Crippen LogP contribution in [0, 0.1) is 18.8 Å². The molecule has 2 nitrogen and oxygen atoms in total. The molecular formula is C14H22O2S. The zero-order valence-electron chi connectivity index (χ0n) is 11.1. The standard InChI is InChI=1S/C14H22O2S/c1-11(2)13(4)9-10-17(15,16)14-7-5-12(3)6-8-14/h5-8,11,13H,9-10H2,1-4H3. The molecule has 1 unspecified atom stereocenters. The molecule has 1 aromatic carbocycles. The molecule has 1 aromatic rings. The van der Waals surface area contributed by atoms with E-state index in [2.05, 4.69) is 20.8 Å². The van der Waals surface area contributed by atoms with E-state index in [1.807, 2.05) is 19.1 Å². The highest BCUT2D eigenvalue weighted by molar-refractivity contribution is 7.91. The molecule has 0 saturated heterocycles. The van der Waals surface area contributed by atoms with Crippen LogP contribution in [-0.4, -0.2) is 14.2 Å². The molecule has 0 aliphatic heterocycles. The maximum atomic E-state index is 12.1. The zero-order chi connectivity index (χ0) is 13.1. The number of rotatable bonds is 5. The predicted octanol–water partition coefficient (Wildman–Crippen LogP) is 3.45. The maximum absolute atomic E-state index is 12.1. The van der Waals surface area contributed by atoms with Crippen molar-refractivity contribution >= 4 is 9.84 Å². The minimum Gasteiger partial charge on any atom is -0.224 e. The number of hydrogen-bond acceptors (Lipinski definition) is 2. The Bertz CT molecular complexity index is 444. The van der Waals surface area contributed by atoms with E-state index in [9.17, 15) is 8.42 Å². The summed E-state index contributed by atoms with van der Waals surface area (Å²) in [5.41, 5.74) is 1.08. The molecule has 0 aliphatic carbocycles. The Balaban J connectivity index is 2.72. The lowest BCUT2D eigenvalue weighted by Gasteiger charge is -2.15. The Hall–Kier alpha value is -0.830. The highest BCUT2D eigenvalue weighted by Crippen LogP contribution is 2.19. The van der Waals surface area contributed by atoms with Gasteiger partial charge >= 0.3 is 0 Å². The summed E-state index contributed by atoms with van der Waals surface area (Å²) in [6, 6.07) is 7.09. The second kappa shape index (κ2) is 5.67.